The van der Waals surface area contributed by atoms with Gasteiger partial charge in [0.05, 0.1) is 5.41 Å². The number of piperazine rings is 1. The van der Waals surface area contributed by atoms with Crippen LogP contribution in [0.3, 0.4) is 0 Å². The Balaban J connectivity index is 0.00000140. The summed E-state index contributed by atoms with van der Waals surface area (Å²) in [5.41, 5.74) is 0.999. The van der Waals surface area contributed by atoms with E-state index in [1.807, 2.05) is 12.1 Å². The highest BCUT2D eigenvalue weighted by atomic mass is 35.5. The summed E-state index contributed by atoms with van der Waals surface area (Å²) in [7, 11) is 0. The van der Waals surface area contributed by atoms with Crippen LogP contribution in [-0.4, -0.2) is 62.7 Å². The number of carbonyl (C=O) groups is 1. The number of piperidine rings is 1. The molecule has 0 aromatic heterocycles. The highest BCUT2D eigenvalue weighted by Crippen LogP contribution is 2.39. The molecule has 2 N–H and O–H groups in total. The van der Waals surface area contributed by atoms with Crippen LogP contribution >= 0.6 is 24.8 Å². The second-order valence-electron chi connectivity index (χ2n) is 8.00. The zero-order valence-corrected chi connectivity index (χ0v) is 17.8. The van der Waals surface area contributed by atoms with Crippen molar-refractivity contribution in [3.05, 3.63) is 30.1 Å². The third-order valence-electron chi connectivity index (χ3n) is 6.37. The first-order chi connectivity index (χ1) is 12.6. The monoisotopic (exact) mass is 432 g/mol. The van der Waals surface area contributed by atoms with Gasteiger partial charge in [0.15, 0.2) is 0 Å². The Hall–Kier alpha value is -1.08. The van der Waals surface area contributed by atoms with Gasteiger partial charge in [-0.25, -0.2) is 4.39 Å². The van der Waals surface area contributed by atoms with Crippen LogP contribution in [0.4, 0.5) is 10.1 Å². The average molecular weight is 433 g/mol. The number of hydrogen-bond donors (Lipinski definition) is 2. The van der Waals surface area contributed by atoms with Gasteiger partial charge >= 0.3 is 0 Å². The molecule has 3 fully saturated rings. The van der Waals surface area contributed by atoms with E-state index in [2.05, 4.69) is 20.4 Å². The summed E-state index contributed by atoms with van der Waals surface area (Å²) in [6.07, 6.45) is 4.00. The van der Waals surface area contributed by atoms with Crippen LogP contribution in [0.2, 0.25) is 0 Å². The molecule has 3 aliphatic rings. The summed E-state index contributed by atoms with van der Waals surface area (Å²) in [6, 6.07) is 7.10. The van der Waals surface area contributed by atoms with Gasteiger partial charge < -0.3 is 15.5 Å². The molecule has 1 aromatic rings. The van der Waals surface area contributed by atoms with Gasteiger partial charge in [0, 0.05) is 44.5 Å². The predicted octanol–water partition coefficient (Wildman–Crippen LogP) is 2.44. The van der Waals surface area contributed by atoms with Gasteiger partial charge in [-0.15, -0.1) is 24.8 Å². The Labute approximate surface area is 179 Å². The van der Waals surface area contributed by atoms with Gasteiger partial charge in [-0.2, -0.15) is 0 Å². The minimum Gasteiger partial charge on any atom is -0.369 e. The summed E-state index contributed by atoms with van der Waals surface area (Å²) in [6.45, 7) is 6.95. The topological polar surface area (TPSA) is 47.6 Å². The molecule has 0 saturated carbocycles. The van der Waals surface area contributed by atoms with Crippen molar-refractivity contribution in [1.82, 2.24) is 15.5 Å². The average Bonchev–Trinajstić information content (AvgIpc) is 2.97. The molecule has 4 rings (SSSR count). The normalized spacial score (nSPS) is 24.4. The van der Waals surface area contributed by atoms with Crippen molar-refractivity contribution in [3.8, 4) is 0 Å². The van der Waals surface area contributed by atoms with Crippen molar-refractivity contribution in [1.29, 1.82) is 0 Å². The van der Waals surface area contributed by atoms with E-state index in [-0.39, 0.29) is 42.0 Å². The third kappa shape index (κ3) is 5.09. The lowest BCUT2D eigenvalue weighted by molar-refractivity contribution is -0.128. The van der Waals surface area contributed by atoms with Crippen LogP contribution in [0.1, 0.15) is 25.7 Å². The molecule has 3 aliphatic heterocycles. The minimum atomic E-state index is -0.183. The largest absolute Gasteiger partial charge is 0.369 e. The maximum atomic E-state index is 13.1. The van der Waals surface area contributed by atoms with Crippen LogP contribution < -0.4 is 15.5 Å². The summed E-state index contributed by atoms with van der Waals surface area (Å²) in [5.74, 6) is 0.0997. The summed E-state index contributed by atoms with van der Waals surface area (Å²) < 4.78 is 13.1. The van der Waals surface area contributed by atoms with E-state index in [1.165, 1.54) is 12.1 Å². The maximum absolute atomic E-state index is 13.1. The fourth-order valence-corrected chi connectivity index (χ4v) is 4.68. The Kier molecular flexibility index (Phi) is 8.37. The molecule has 158 valence electrons. The number of halogens is 3. The number of hydrogen-bond acceptors (Lipinski definition) is 4. The molecule has 1 atom stereocenters. The first-order valence-electron chi connectivity index (χ1n) is 9.89. The standard InChI is InChI=1S/C20H29FN4O.2ClH/c21-16-1-3-18(4-2-16)25-13-11-24(12-14-25)10-5-17-15-20(19(26)23-17)6-8-22-9-7-20;;/h1-4,17,22H,5-15H2,(H,23,26);2*1H. The lowest BCUT2D eigenvalue weighted by Crippen LogP contribution is -2.47. The van der Waals surface area contributed by atoms with Crippen LogP contribution in [0, 0.1) is 11.2 Å². The van der Waals surface area contributed by atoms with E-state index in [9.17, 15) is 9.18 Å². The Bertz CT molecular complexity index is 632. The lowest BCUT2D eigenvalue weighted by Gasteiger charge is -2.36. The maximum Gasteiger partial charge on any atom is 0.226 e. The molecule has 3 heterocycles. The van der Waals surface area contributed by atoms with Crippen molar-refractivity contribution in [3.63, 3.8) is 0 Å². The van der Waals surface area contributed by atoms with Crippen LogP contribution in [-0.2, 0) is 4.79 Å². The van der Waals surface area contributed by atoms with E-state index in [4.69, 9.17) is 0 Å². The van der Waals surface area contributed by atoms with Gasteiger partial charge in [-0.05, 0) is 63.0 Å². The number of rotatable bonds is 4. The summed E-state index contributed by atoms with van der Waals surface area (Å²) in [5, 5.41) is 6.62. The molecule has 0 radical (unpaired) electrons. The van der Waals surface area contributed by atoms with Gasteiger partial charge in [0.25, 0.3) is 0 Å². The SMILES string of the molecule is Cl.Cl.O=C1NC(CCN2CCN(c3ccc(F)cc3)CC2)CC12CCNCC2. The molecular weight excluding hydrogens is 402 g/mol. The van der Waals surface area contributed by atoms with Crippen molar-refractivity contribution < 1.29 is 9.18 Å². The van der Waals surface area contributed by atoms with Crippen LogP contribution in [0.25, 0.3) is 0 Å². The van der Waals surface area contributed by atoms with Crippen molar-refractivity contribution in [2.75, 3.05) is 50.7 Å². The molecule has 28 heavy (non-hydrogen) atoms. The minimum absolute atomic E-state index is 0. The van der Waals surface area contributed by atoms with Crippen molar-refractivity contribution >= 4 is 36.4 Å². The second kappa shape index (κ2) is 10.1. The number of benzene rings is 1. The van der Waals surface area contributed by atoms with Gasteiger partial charge in [-0.1, -0.05) is 0 Å². The third-order valence-corrected chi connectivity index (χ3v) is 6.37. The first kappa shape index (κ1) is 23.2. The lowest BCUT2D eigenvalue weighted by atomic mass is 9.76. The summed E-state index contributed by atoms with van der Waals surface area (Å²) in [4.78, 5) is 17.3. The Morgan fingerprint density at radius 2 is 1.68 bits per heavy atom. The fraction of sp³-hybridized carbons (Fsp3) is 0.650. The van der Waals surface area contributed by atoms with E-state index < -0.39 is 0 Å². The Morgan fingerprint density at radius 3 is 2.32 bits per heavy atom. The van der Waals surface area contributed by atoms with Gasteiger partial charge in [0.1, 0.15) is 5.82 Å². The molecule has 1 spiro atoms. The zero-order valence-electron chi connectivity index (χ0n) is 16.2. The molecule has 3 saturated heterocycles. The van der Waals surface area contributed by atoms with Crippen LogP contribution in [0.5, 0.6) is 0 Å². The molecule has 0 bridgehead atoms. The second-order valence-corrected chi connectivity index (χ2v) is 8.00. The number of carbonyl (C=O) groups excluding carboxylic acids is 1. The van der Waals surface area contributed by atoms with E-state index in [0.29, 0.717) is 6.04 Å². The number of nitrogens with one attached hydrogen (secondary N) is 2. The highest BCUT2D eigenvalue weighted by Gasteiger charge is 2.46. The van der Waals surface area contributed by atoms with Crippen LogP contribution in [0.15, 0.2) is 24.3 Å². The summed E-state index contributed by atoms with van der Waals surface area (Å²) >= 11 is 0. The molecule has 1 unspecified atom stereocenters. The smallest absolute Gasteiger partial charge is 0.226 e. The molecule has 1 aromatic carbocycles. The quantitative estimate of drug-likeness (QED) is 0.766. The van der Waals surface area contributed by atoms with Crippen molar-refractivity contribution in [2.24, 2.45) is 5.41 Å². The molecule has 0 aliphatic carbocycles. The van der Waals surface area contributed by atoms with E-state index in [0.717, 1.165) is 77.2 Å². The molecule has 5 nitrogen and oxygen atoms in total. The number of nitrogens with zero attached hydrogens (tertiary/aromatic N) is 2. The van der Waals surface area contributed by atoms with Crippen molar-refractivity contribution in [2.45, 2.75) is 31.7 Å². The Morgan fingerprint density at radius 1 is 1.04 bits per heavy atom. The zero-order chi connectivity index (χ0) is 18.0. The number of anilines is 1. The van der Waals surface area contributed by atoms with E-state index in [1.54, 1.807) is 0 Å². The molecular formula is C20H31Cl2FN4O. The first-order valence-corrected chi connectivity index (χ1v) is 9.89. The van der Waals surface area contributed by atoms with Gasteiger partial charge in [-0.3, -0.25) is 9.69 Å². The molecule has 8 heteroatoms. The highest BCUT2D eigenvalue weighted by molar-refractivity contribution is 5.86. The predicted molar refractivity (Wildman–Crippen MR) is 115 cm³/mol. The fourth-order valence-electron chi connectivity index (χ4n) is 4.68. The number of amides is 1. The van der Waals surface area contributed by atoms with Gasteiger partial charge in [0.2, 0.25) is 5.91 Å². The van der Waals surface area contributed by atoms with E-state index >= 15 is 0 Å². The molecule has 1 amide bonds.